The molecule has 4 heteroatoms. The lowest BCUT2D eigenvalue weighted by Gasteiger charge is -2.06. The Balaban J connectivity index is 0.000000561. The summed E-state index contributed by atoms with van der Waals surface area (Å²) >= 11 is 0. The number of rotatable bonds is 2. The Morgan fingerprint density at radius 1 is 1.00 bits per heavy atom. The SMILES string of the molecule is CC.CC.CCc1nc2c(N)nc3ccccc3c2n1CC. The fourth-order valence-electron chi connectivity index (χ4n) is 2.52. The summed E-state index contributed by atoms with van der Waals surface area (Å²) in [6.45, 7) is 13.1. The van der Waals surface area contributed by atoms with Crippen molar-refractivity contribution in [2.45, 2.75) is 54.5 Å². The fraction of sp³-hybridized carbons (Fsp3) is 0.444. The van der Waals surface area contributed by atoms with E-state index < -0.39 is 0 Å². The van der Waals surface area contributed by atoms with Crippen molar-refractivity contribution in [3.63, 3.8) is 0 Å². The van der Waals surface area contributed by atoms with Gasteiger partial charge in [0.15, 0.2) is 5.82 Å². The van der Waals surface area contributed by atoms with Crippen LogP contribution in [0.25, 0.3) is 21.9 Å². The monoisotopic (exact) mass is 300 g/mol. The molecule has 0 spiro atoms. The van der Waals surface area contributed by atoms with Crippen LogP contribution in [-0.4, -0.2) is 14.5 Å². The molecule has 0 amide bonds. The van der Waals surface area contributed by atoms with Gasteiger partial charge in [-0.05, 0) is 13.0 Å². The van der Waals surface area contributed by atoms with Gasteiger partial charge in [-0.1, -0.05) is 52.8 Å². The van der Waals surface area contributed by atoms with Gasteiger partial charge >= 0.3 is 0 Å². The molecule has 0 aliphatic heterocycles. The maximum atomic E-state index is 6.03. The Morgan fingerprint density at radius 3 is 2.23 bits per heavy atom. The third kappa shape index (κ3) is 3.06. The molecule has 0 unspecified atom stereocenters. The van der Waals surface area contributed by atoms with Crippen LogP contribution >= 0.6 is 0 Å². The third-order valence-electron chi connectivity index (χ3n) is 3.32. The summed E-state index contributed by atoms with van der Waals surface area (Å²) in [5, 5.41) is 1.12. The highest BCUT2D eigenvalue weighted by molar-refractivity contribution is 6.06. The van der Waals surface area contributed by atoms with Crippen molar-refractivity contribution in [2.24, 2.45) is 0 Å². The Kier molecular flexibility index (Phi) is 6.83. The Hall–Kier alpha value is -2.10. The molecule has 1 aromatic carbocycles. The van der Waals surface area contributed by atoms with Gasteiger partial charge in [-0.2, -0.15) is 0 Å². The van der Waals surface area contributed by atoms with E-state index in [4.69, 9.17) is 5.73 Å². The van der Waals surface area contributed by atoms with Crippen molar-refractivity contribution in [3.05, 3.63) is 30.1 Å². The Bertz CT molecular complexity index is 729. The lowest BCUT2D eigenvalue weighted by Crippen LogP contribution is -2.00. The number of benzene rings is 1. The number of para-hydroxylation sites is 1. The van der Waals surface area contributed by atoms with Crippen molar-refractivity contribution in [1.82, 2.24) is 14.5 Å². The van der Waals surface area contributed by atoms with E-state index in [1.54, 1.807) is 0 Å². The van der Waals surface area contributed by atoms with E-state index in [0.29, 0.717) is 5.82 Å². The van der Waals surface area contributed by atoms with Gasteiger partial charge in [0.25, 0.3) is 0 Å². The van der Waals surface area contributed by atoms with Crippen LogP contribution in [0.2, 0.25) is 0 Å². The number of fused-ring (bicyclic) bond motifs is 3. The summed E-state index contributed by atoms with van der Waals surface area (Å²) in [7, 11) is 0. The molecular weight excluding hydrogens is 272 g/mol. The van der Waals surface area contributed by atoms with Crippen molar-refractivity contribution < 1.29 is 0 Å². The summed E-state index contributed by atoms with van der Waals surface area (Å²) in [6.07, 6.45) is 0.899. The first-order valence-corrected chi connectivity index (χ1v) is 8.29. The molecule has 120 valence electrons. The number of aromatic nitrogens is 3. The van der Waals surface area contributed by atoms with E-state index in [0.717, 1.165) is 40.7 Å². The molecule has 22 heavy (non-hydrogen) atoms. The van der Waals surface area contributed by atoms with Gasteiger partial charge in [0.1, 0.15) is 11.3 Å². The van der Waals surface area contributed by atoms with Crippen molar-refractivity contribution >= 4 is 27.8 Å². The zero-order chi connectivity index (χ0) is 16.7. The van der Waals surface area contributed by atoms with Crippen LogP contribution in [0, 0.1) is 0 Å². The van der Waals surface area contributed by atoms with Crippen LogP contribution in [-0.2, 0) is 13.0 Å². The molecule has 2 N–H and O–H groups in total. The molecule has 0 atom stereocenters. The molecule has 0 aliphatic rings. The minimum atomic E-state index is 0.519. The predicted octanol–water partition coefficient (Wildman–Crippen LogP) is 4.80. The average molecular weight is 300 g/mol. The standard InChI is InChI=1S/C14H16N4.2C2H6/c1-3-11-17-12-13(18(11)4-2)9-7-5-6-8-10(9)16-14(12)15;2*1-2/h5-8H,3-4H2,1-2H3,(H2,15,16);2*1-2H3. The Labute approximate surface area is 133 Å². The minimum absolute atomic E-state index is 0.519. The number of nitrogens with zero attached hydrogens (tertiary/aromatic N) is 3. The summed E-state index contributed by atoms with van der Waals surface area (Å²) < 4.78 is 2.23. The molecule has 0 saturated carbocycles. The van der Waals surface area contributed by atoms with Crippen LogP contribution in [0.1, 0.15) is 47.4 Å². The van der Waals surface area contributed by atoms with Gasteiger partial charge in [-0.3, -0.25) is 0 Å². The van der Waals surface area contributed by atoms with Crippen molar-refractivity contribution in [2.75, 3.05) is 5.73 Å². The normalized spacial score (nSPS) is 9.91. The highest BCUT2D eigenvalue weighted by Gasteiger charge is 2.14. The van der Waals surface area contributed by atoms with Gasteiger partial charge in [0.05, 0.1) is 11.0 Å². The molecular formula is C18H28N4. The highest BCUT2D eigenvalue weighted by atomic mass is 15.1. The zero-order valence-electron chi connectivity index (χ0n) is 14.6. The topological polar surface area (TPSA) is 56.7 Å². The first-order valence-electron chi connectivity index (χ1n) is 8.29. The quantitative estimate of drug-likeness (QED) is 0.739. The van der Waals surface area contributed by atoms with E-state index in [-0.39, 0.29) is 0 Å². The Morgan fingerprint density at radius 2 is 1.64 bits per heavy atom. The van der Waals surface area contributed by atoms with Crippen LogP contribution in [0.5, 0.6) is 0 Å². The largest absolute Gasteiger partial charge is 0.382 e. The molecule has 2 aromatic heterocycles. The van der Waals surface area contributed by atoms with Crippen LogP contribution in [0.15, 0.2) is 24.3 Å². The van der Waals surface area contributed by atoms with Crippen LogP contribution in [0.3, 0.4) is 0 Å². The third-order valence-corrected chi connectivity index (χ3v) is 3.32. The van der Waals surface area contributed by atoms with Gasteiger partial charge in [-0.15, -0.1) is 0 Å². The molecule has 0 fully saturated rings. The maximum Gasteiger partial charge on any atom is 0.152 e. The highest BCUT2D eigenvalue weighted by Crippen LogP contribution is 2.28. The number of nitrogens with two attached hydrogens (primary N) is 1. The number of hydrogen-bond donors (Lipinski definition) is 1. The first-order chi connectivity index (χ1) is 10.8. The lowest BCUT2D eigenvalue weighted by atomic mass is 10.2. The summed E-state index contributed by atoms with van der Waals surface area (Å²) in [6, 6.07) is 8.08. The maximum absolute atomic E-state index is 6.03. The van der Waals surface area contributed by atoms with Gasteiger partial charge in [0.2, 0.25) is 0 Å². The first kappa shape index (κ1) is 18.0. The van der Waals surface area contributed by atoms with E-state index in [2.05, 4.69) is 34.4 Å². The molecule has 3 aromatic rings. The van der Waals surface area contributed by atoms with Crippen molar-refractivity contribution in [3.8, 4) is 0 Å². The number of hydrogen-bond acceptors (Lipinski definition) is 3. The molecule has 4 nitrogen and oxygen atoms in total. The summed E-state index contributed by atoms with van der Waals surface area (Å²) in [5.74, 6) is 1.59. The second kappa shape index (κ2) is 8.37. The predicted molar refractivity (Wildman–Crippen MR) is 97.2 cm³/mol. The minimum Gasteiger partial charge on any atom is -0.382 e. The molecule has 3 rings (SSSR count). The number of pyridine rings is 1. The van der Waals surface area contributed by atoms with Gasteiger partial charge in [-0.25, -0.2) is 9.97 Å². The second-order valence-electron chi connectivity index (χ2n) is 4.34. The number of aryl methyl sites for hydroxylation is 2. The second-order valence-corrected chi connectivity index (χ2v) is 4.34. The number of nitrogen functional groups attached to an aromatic ring is 1. The zero-order valence-corrected chi connectivity index (χ0v) is 14.6. The van der Waals surface area contributed by atoms with Crippen molar-refractivity contribution in [1.29, 1.82) is 0 Å². The molecule has 0 aliphatic carbocycles. The smallest absolute Gasteiger partial charge is 0.152 e. The van der Waals surface area contributed by atoms with Crippen LogP contribution < -0.4 is 5.73 Å². The summed E-state index contributed by atoms with van der Waals surface area (Å²) in [5.41, 5.74) is 8.89. The number of anilines is 1. The van der Waals surface area contributed by atoms with Crippen LogP contribution in [0.4, 0.5) is 5.82 Å². The summed E-state index contributed by atoms with van der Waals surface area (Å²) in [4.78, 5) is 9.06. The van der Waals surface area contributed by atoms with E-state index in [9.17, 15) is 0 Å². The fourth-order valence-corrected chi connectivity index (χ4v) is 2.52. The molecule has 0 saturated heterocycles. The number of imidazole rings is 1. The lowest BCUT2D eigenvalue weighted by molar-refractivity contribution is 0.727. The molecule has 0 bridgehead atoms. The van der Waals surface area contributed by atoms with Gasteiger partial charge in [0, 0.05) is 18.4 Å². The molecule has 0 radical (unpaired) electrons. The average Bonchev–Trinajstić information content (AvgIpc) is 2.98. The molecule has 2 heterocycles. The van der Waals surface area contributed by atoms with Gasteiger partial charge < -0.3 is 10.3 Å². The van der Waals surface area contributed by atoms with E-state index in [1.165, 1.54) is 0 Å². The van der Waals surface area contributed by atoms with E-state index in [1.807, 2.05) is 45.9 Å². The van der Waals surface area contributed by atoms with E-state index >= 15 is 0 Å².